The maximum Gasteiger partial charge on any atom is 0.0450 e. The van der Waals surface area contributed by atoms with Crippen LogP contribution >= 0.6 is 0 Å². The fourth-order valence-corrected chi connectivity index (χ4v) is 4.88. The van der Waals surface area contributed by atoms with E-state index in [9.17, 15) is 0 Å². The highest BCUT2D eigenvalue weighted by Gasteiger charge is 2.39. The molecule has 0 aliphatic heterocycles. The Balaban J connectivity index is 2.32. The van der Waals surface area contributed by atoms with E-state index in [0.717, 1.165) is 12.1 Å². The van der Waals surface area contributed by atoms with Crippen molar-refractivity contribution in [2.75, 3.05) is 0 Å². The second-order valence-electron chi connectivity index (χ2n) is 9.03. The molecule has 1 nitrogen and oxygen atoms in total. The normalized spacial score (nSPS) is 21.8. The van der Waals surface area contributed by atoms with Crippen molar-refractivity contribution in [3.05, 3.63) is 47.2 Å². The summed E-state index contributed by atoms with van der Waals surface area (Å²) in [5, 5.41) is 0. The first-order valence-electron chi connectivity index (χ1n) is 9.47. The molecule has 0 aromatic heterocycles. The number of aliphatic imine (C=N–C) groups is 1. The van der Waals surface area contributed by atoms with E-state index in [0.29, 0.717) is 16.7 Å². The lowest BCUT2D eigenvalue weighted by Crippen LogP contribution is -2.34. The van der Waals surface area contributed by atoms with E-state index in [-0.39, 0.29) is 0 Å². The topological polar surface area (TPSA) is 12.4 Å². The van der Waals surface area contributed by atoms with Crippen molar-refractivity contribution < 1.29 is 0 Å². The molecule has 1 fully saturated rings. The van der Waals surface area contributed by atoms with Gasteiger partial charge in [0, 0.05) is 17.3 Å². The van der Waals surface area contributed by atoms with E-state index < -0.39 is 0 Å². The Morgan fingerprint density at radius 2 is 1.71 bits per heavy atom. The molecule has 0 heterocycles. The number of allylic oxidation sites excluding steroid dienone is 2. The third-order valence-corrected chi connectivity index (χ3v) is 5.35. The van der Waals surface area contributed by atoms with Gasteiger partial charge in [0.2, 0.25) is 0 Å². The standard InChI is InChI=1S/C23H35N/c1-8-18-12-10-11-13-20(18)17(3)24-21(9-2)19-14-22(4,5)16-23(6,7)15-19/h9-13,19H,8,14-16H2,1-7H3/b21-9-,24-17?. The Labute approximate surface area is 149 Å². The van der Waals surface area contributed by atoms with Crippen molar-refractivity contribution in [3.63, 3.8) is 0 Å². The van der Waals surface area contributed by atoms with Crippen LogP contribution in [0.2, 0.25) is 0 Å². The fraction of sp³-hybridized carbons (Fsp3) is 0.609. The molecule has 0 unspecified atom stereocenters. The van der Waals surface area contributed by atoms with Gasteiger partial charge < -0.3 is 0 Å². The van der Waals surface area contributed by atoms with Crippen molar-refractivity contribution >= 4 is 5.71 Å². The van der Waals surface area contributed by atoms with Crippen molar-refractivity contribution in [2.24, 2.45) is 21.7 Å². The van der Waals surface area contributed by atoms with Crippen molar-refractivity contribution in [3.8, 4) is 0 Å². The summed E-state index contributed by atoms with van der Waals surface area (Å²) in [7, 11) is 0. The summed E-state index contributed by atoms with van der Waals surface area (Å²) < 4.78 is 0. The summed E-state index contributed by atoms with van der Waals surface area (Å²) in [6, 6.07) is 8.67. The lowest BCUT2D eigenvalue weighted by atomic mass is 9.61. The molecule has 0 radical (unpaired) electrons. The van der Waals surface area contributed by atoms with Crippen LogP contribution in [0.4, 0.5) is 0 Å². The molecule has 0 amide bonds. The average molecular weight is 326 g/mol. The summed E-state index contributed by atoms with van der Waals surface area (Å²) in [4.78, 5) is 5.11. The largest absolute Gasteiger partial charge is 0.258 e. The third-order valence-electron chi connectivity index (χ3n) is 5.35. The van der Waals surface area contributed by atoms with E-state index in [4.69, 9.17) is 4.99 Å². The summed E-state index contributed by atoms with van der Waals surface area (Å²) >= 11 is 0. The zero-order chi connectivity index (χ0) is 18.0. The molecule has 0 saturated heterocycles. The first kappa shape index (κ1) is 19.0. The molecule has 1 aliphatic carbocycles. The number of hydrogen-bond donors (Lipinski definition) is 0. The Kier molecular flexibility index (Phi) is 5.73. The lowest BCUT2D eigenvalue weighted by Gasteiger charge is -2.45. The highest BCUT2D eigenvalue weighted by Crippen LogP contribution is 2.50. The molecule has 0 N–H and O–H groups in total. The van der Waals surface area contributed by atoms with E-state index >= 15 is 0 Å². The quantitative estimate of drug-likeness (QED) is 0.539. The number of benzene rings is 1. The number of hydrogen-bond acceptors (Lipinski definition) is 1. The van der Waals surface area contributed by atoms with Gasteiger partial charge in [0.1, 0.15) is 0 Å². The SMILES string of the molecule is C/C=C(\N=C(C)c1ccccc1CC)C1CC(C)(C)CC(C)(C)C1. The van der Waals surface area contributed by atoms with Crippen LogP contribution in [0, 0.1) is 16.7 Å². The molecule has 0 spiro atoms. The Morgan fingerprint density at radius 1 is 1.12 bits per heavy atom. The molecular weight excluding hydrogens is 290 g/mol. The van der Waals surface area contributed by atoms with Gasteiger partial charge in [-0.15, -0.1) is 0 Å². The maximum atomic E-state index is 5.11. The van der Waals surface area contributed by atoms with Gasteiger partial charge in [-0.1, -0.05) is 65.0 Å². The first-order valence-corrected chi connectivity index (χ1v) is 9.47. The molecular formula is C23H35N. The zero-order valence-corrected chi connectivity index (χ0v) is 16.7. The number of aryl methyl sites for hydroxylation is 1. The van der Waals surface area contributed by atoms with E-state index in [1.807, 2.05) is 0 Å². The Hall–Kier alpha value is -1.37. The van der Waals surface area contributed by atoms with Crippen LogP contribution in [0.15, 0.2) is 41.0 Å². The van der Waals surface area contributed by atoms with E-state index in [1.54, 1.807) is 0 Å². The lowest BCUT2D eigenvalue weighted by molar-refractivity contribution is 0.0813. The monoisotopic (exact) mass is 325 g/mol. The molecule has 132 valence electrons. The molecule has 1 heteroatoms. The fourth-order valence-electron chi connectivity index (χ4n) is 4.88. The van der Waals surface area contributed by atoms with Gasteiger partial charge in [0.05, 0.1) is 0 Å². The maximum absolute atomic E-state index is 5.11. The van der Waals surface area contributed by atoms with E-state index in [1.165, 1.54) is 36.1 Å². The van der Waals surface area contributed by atoms with E-state index in [2.05, 4.69) is 78.8 Å². The van der Waals surface area contributed by atoms with Gasteiger partial charge in [-0.25, -0.2) is 0 Å². The minimum Gasteiger partial charge on any atom is -0.258 e. The predicted molar refractivity (Wildman–Crippen MR) is 107 cm³/mol. The van der Waals surface area contributed by atoms with Crippen LogP contribution in [0.5, 0.6) is 0 Å². The molecule has 1 saturated carbocycles. The summed E-state index contributed by atoms with van der Waals surface area (Å²) in [5.74, 6) is 0.567. The van der Waals surface area contributed by atoms with Crippen LogP contribution in [0.1, 0.15) is 78.9 Å². The van der Waals surface area contributed by atoms with Crippen LogP contribution < -0.4 is 0 Å². The van der Waals surface area contributed by atoms with Crippen LogP contribution in [0.25, 0.3) is 0 Å². The van der Waals surface area contributed by atoms with Crippen molar-refractivity contribution in [2.45, 2.75) is 74.1 Å². The van der Waals surface area contributed by atoms with Gasteiger partial charge in [-0.3, -0.25) is 4.99 Å². The summed E-state index contributed by atoms with van der Waals surface area (Å²) in [5.41, 5.74) is 5.91. The van der Waals surface area contributed by atoms with Crippen LogP contribution in [0.3, 0.4) is 0 Å². The van der Waals surface area contributed by atoms with Gasteiger partial charge in [0.25, 0.3) is 0 Å². The molecule has 2 rings (SSSR count). The highest BCUT2D eigenvalue weighted by molar-refractivity contribution is 6.00. The molecule has 1 aromatic carbocycles. The molecule has 0 bridgehead atoms. The third kappa shape index (κ3) is 4.59. The molecule has 1 aromatic rings. The first-order chi connectivity index (χ1) is 11.2. The minimum absolute atomic E-state index is 0.394. The molecule has 24 heavy (non-hydrogen) atoms. The average Bonchev–Trinajstić information content (AvgIpc) is 2.49. The number of nitrogens with zero attached hydrogens (tertiary/aromatic N) is 1. The van der Waals surface area contributed by atoms with Crippen LogP contribution in [-0.2, 0) is 6.42 Å². The summed E-state index contributed by atoms with van der Waals surface area (Å²) in [6.45, 7) is 16.2. The van der Waals surface area contributed by atoms with Crippen LogP contribution in [-0.4, -0.2) is 5.71 Å². The van der Waals surface area contributed by atoms with Gasteiger partial charge in [0.15, 0.2) is 0 Å². The zero-order valence-electron chi connectivity index (χ0n) is 16.7. The number of rotatable bonds is 4. The highest BCUT2D eigenvalue weighted by atomic mass is 14.8. The minimum atomic E-state index is 0.394. The van der Waals surface area contributed by atoms with Gasteiger partial charge in [-0.2, -0.15) is 0 Å². The van der Waals surface area contributed by atoms with Crippen molar-refractivity contribution in [1.29, 1.82) is 0 Å². The Bertz CT molecular complexity index is 615. The predicted octanol–water partition coefficient (Wildman–Crippen LogP) is 6.81. The molecule has 0 atom stereocenters. The van der Waals surface area contributed by atoms with Crippen molar-refractivity contribution in [1.82, 2.24) is 0 Å². The Morgan fingerprint density at radius 3 is 2.25 bits per heavy atom. The summed E-state index contributed by atoms with van der Waals surface area (Å²) in [6.07, 6.45) is 7.07. The second kappa shape index (κ2) is 7.25. The van der Waals surface area contributed by atoms with Gasteiger partial charge >= 0.3 is 0 Å². The smallest absolute Gasteiger partial charge is 0.0450 e. The second-order valence-corrected chi connectivity index (χ2v) is 9.03. The van der Waals surface area contributed by atoms with Gasteiger partial charge in [-0.05, 0) is 61.5 Å². The molecule has 1 aliphatic rings.